The van der Waals surface area contributed by atoms with Crippen molar-refractivity contribution in [1.82, 2.24) is 20.0 Å². The molecule has 3 heterocycles. The van der Waals surface area contributed by atoms with E-state index in [1.165, 1.54) is 12.3 Å². The van der Waals surface area contributed by atoms with Gasteiger partial charge in [0.15, 0.2) is 0 Å². The molecular weight excluding hydrogens is 329 g/mol. The first-order chi connectivity index (χ1) is 11.4. The molecule has 1 N–H and O–H groups in total. The smallest absolute Gasteiger partial charge is 0.342 e. The van der Waals surface area contributed by atoms with Crippen molar-refractivity contribution in [3.8, 4) is 11.4 Å². The van der Waals surface area contributed by atoms with Crippen LogP contribution in [0.3, 0.4) is 0 Å². The molecule has 2 aromatic rings. The number of hydrogen-bond acceptors (Lipinski definition) is 5. The summed E-state index contributed by atoms with van der Waals surface area (Å²) in [5.74, 6) is -1.78. The molecule has 0 aromatic carbocycles. The fourth-order valence-electron chi connectivity index (χ4n) is 2.60. The predicted octanol–water partition coefficient (Wildman–Crippen LogP) is 1.61. The Bertz CT molecular complexity index is 812. The summed E-state index contributed by atoms with van der Waals surface area (Å²) in [7, 11) is 0. The van der Waals surface area contributed by atoms with Gasteiger partial charge in [-0.15, -0.1) is 0 Å². The lowest BCUT2D eigenvalue weighted by Crippen LogP contribution is -2.28. The number of halogens is 3. The molecule has 0 unspecified atom stereocenters. The molecule has 0 spiro atoms. The third kappa shape index (κ3) is 3.17. The van der Waals surface area contributed by atoms with E-state index < -0.39 is 17.6 Å². The lowest BCUT2D eigenvalue weighted by Gasteiger charge is -2.15. The van der Waals surface area contributed by atoms with Gasteiger partial charge in [-0.1, -0.05) is 5.16 Å². The molecule has 1 amide bonds. The van der Waals surface area contributed by atoms with Crippen LogP contribution in [0, 0.1) is 0 Å². The van der Waals surface area contributed by atoms with Crippen LogP contribution in [0.2, 0.25) is 0 Å². The van der Waals surface area contributed by atoms with Crippen LogP contribution in [0.15, 0.2) is 21.6 Å². The van der Waals surface area contributed by atoms with Gasteiger partial charge in [-0.25, -0.2) is 0 Å². The van der Waals surface area contributed by atoms with E-state index in [4.69, 9.17) is 0 Å². The van der Waals surface area contributed by atoms with Crippen LogP contribution < -0.4 is 5.56 Å². The number of pyridine rings is 1. The monoisotopic (exact) mass is 342 g/mol. The van der Waals surface area contributed by atoms with Gasteiger partial charge in [0.05, 0.1) is 0 Å². The zero-order valence-electron chi connectivity index (χ0n) is 12.4. The molecule has 24 heavy (non-hydrogen) atoms. The highest BCUT2D eigenvalue weighted by Gasteiger charge is 2.38. The minimum atomic E-state index is -4.76. The fraction of sp³-hybridized carbons (Fsp3) is 0.429. The average Bonchev–Trinajstić information content (AvgIpc) is 3.14. The van der Waals surface area contributed by atoms with E-state index in [-0.39, 0.29) is 29.3 Å². The molecule has 128 valence electrons. The van der Waals surface area contributed by atoms with E-state index in [0.29, 0.717) is 19.5 Å². The Labute approximate surface area is 133 Å². The molecule has 1 saturated heterocycles. The van der Waals surface area contributed by atoms with Gasteiger partial charge >= 0.3 is 12.1 Å². The van der Waals surface area contributed by atoms with Gasteiger partial charge in [0.25, 0.3) is 5.56 Å². The van der Waals surface area contributed by atoms with Gasteiger partial charge in [-0.3, -0.25) is 9.59 Å². The van der Waals surface area contributed by atoms with Crippen molar-refractivity contribution in [3.05, 3.63) is 34.1 Å². The molecule has 1 aliphatic rings. The van der Waals surface area contributed by atoms with E-state index in [2.05, 4.69) is 19.6 Å². The maximum Gasteiger partial charge on any atom is 0.471 e. The maximum absolute atomic E-state index is 12.6. The summed E-state index contributed by atoms with van der Waals surface area (Å²) < 4.78 is 42.0. The van der Waals surface area contributed by atoms with Crippen LogP contribution in [0.4, 0.5) is 13.2 Å². The highest BCUT2D eigenvalue weighted by Crippen LogP contribution is 2.29. The standard InChI is InChI=1S/C14H13F3N4O3/c15-14(16,17)13-19-11(20-24-13)8-3-5-18-12(23)9(8)4-7-21-6-1-2-10(21)22/h3,5H,1-2,4,6-7H2,(H,18,23). The van der Waals surface area contributed by atoms with Crippen molar-refractivity contribution >= 4 is 5.91 Å². The molecule has 0 saturated carbocycles. The number of H-pyrrole nitrogens is 1. The van der Waals surface area contributed by atoms with Crippen molar-refractivity contribution in [3.63, 3.8) is 0 Å². The summed E-state index contributed by atoms with van der Waals surface area (Å²) in [5, 5.41) is 3.31. The summed E-state index contributed by atoms with van der Waals surface area (Å²) in [6.07, 6.45) is -2.04. The van der Waals surface area contributed by atoms with Crippen LogP contribution in [0.25, 0.3) is 11.4 Å². The van der Waals surface area contributed by atoms with Crippen molar-refractivity contribution in [2.45, 2.75) is 25.4 Å². The van der Waals surface area contributed by atoms with Crippen molar-refractivity contribution in [2.75, 3.05) is 13.1 Å². The van der Waals surface area contributed by atoms with Gasteiger partial charge in [0.1, 0.15) is 0 Å². The number of alkyl halides is 3. The Morgan fingerprint density at radius 2 is 2.12 bits per heavy atom. The SMILES string of the molecule is O=C1CCCN1CCc1c(-c2noc(C(F)(F)F)n2)cc[nH]c1=O. The quantitative estimate of drug-likeness (QED) is 0.911. The summed E-state index contributed by atoms with van der Waals surface area (Å²) in [4.78, 5) is 31.1. The highest BCUT2D eigenvalue weighted by atomic mass is 19.4. The molecule has 0 radical (unpaired) electrons. The first-order valence-corrected chi connectivity index (χ1v) is 7.26. The second-order valence-corrected chi connectivity index (χ2v) is 5.35. The van der Waals surface area contributed by atoms with E-state index in [1.807, 2.05) is 0 Å². The minimum Gasteiger partial charge on any atom is -0.342 e. The fourth-order valence-corrected chi connectivity index (χ4v) is 2.60. The van der Waals surface area contributed by atoms with Crippen molar-refractivity contribution < 1.29 is 22.5 Å². The third-order valence-corrected chi connectivity index (χ3v) is 3.78. The molecule has 1 fully saturated rings. The van der Waals surface area contributed by atoms with E-state index in [1.54, 1.807) is 4.90 Å². The zero-order chi connectivity index (χ0) is 17.3. The second-order valence-electron chi connectivity index (χ2n) is 5.35. The number of carbonyl (C=O) groups excluding carboxylic acids is 1. The molecule has 0 bridgehead atoms. The average molecular weight is 342 g/mol. The summed E-state index contributed by atoms with van der Waals surface area (Å²) >= 11 is 0. The number of amides is 1. The molecule has 0 aliphatic carbocycles. The van der Waals surface area contributed by atoms with Gasteiger partial charge in [0.2, 0.25) is 11.7 Å². The number of carbonyl (C=O) groups is 1. The van der Waals surface area contributed by atoms with Gasteiger partial charge in [-0.2, -0.15) is 18.2 Å². The van der Waals surface area contributed by atoms with Gasteiger partial charge in [-0.05, 0) is 18.9 Å². The molecule has 3 rings (SSSR count). The Morgan fingerprint density at radius 3 is 2.75 bits per heavy atom. The third-order valence-electron chi connectivity index (χ3n) is 3.78. The van der Waals surface area contributed by atoms with Crippen molar-refractivity contribution in [1.29, 1.82) is 0 Å². The Morgan fingerprint density at radius 1 is 1.33 bits per heavy atom. The molecule has 10 heteroatoms. The van der Waals surface area contributed by atoms with Crippen LogP contribution >= 0.6 is 0 Å². The lowest BCUT2D eigenvalue weighted by atomic mass is 10.1. The topological polar surface area (TPSA) is 92.1 Å². The van der Waals surface area contributed by atoms with E-state index >= 15 is 0 Å². The summed E-state index contributed by atoms with van der Waals surface area (Å²) in [6, 6.07) is 1.41. The number of nitrogens with zero attached hydrogens (tertiary/aromatic N) is 3. The molecule has 2 aromatic heterocycles. The molecule has 1 aliphatic heterocycles. The number of nitrogens with one attached hydrogen (secondary N) is 1. The zero-order valence-corrected chi connectivity index (χ0v) is 12.4. The van der Waals surface area contributed by atoms with E-state index in [0.717, 1.165) is 6.42 Å². The Kier molecular flexibility index (Phi) is 4.12. The highest BCUT2D eigenvalue weighted by molar-refractivity contribution is 5.78. The summed E-state index contributed by atoms with van der Waals surface area (Å²) in [6.45, 7) is 0.919. The number of likely N-dealkylation sites (tertiary alicyclic amines) is 1. The lowest BCUT2D eigenvalue weighted by molar-refractivity contribution is -0.159. The molecule has 7 nitrogen and oxygen atoms in total. The number of hydrogen-bond donors (Lipinski definition) is 1. The number of aromatic amines is 1. The second kappa shape index (κ2) is 6.10. The maximum atomic E-state index is 12.6. The largest absolute Gasteiger partial charge is 0.471 e. The van der Waals surface area contributed by atoms with Crippen LogP contribution in [0.1, 0.15) is 24.3 Å². The Balaban J connectivity index is 1.88. The minimum absolute atomic E-state index is 0.00262. The number of rotatable bonds is 4. The number of aromatic nitrogens is 3. The van der Waals surface area contributed by atoms with Gasteiger partial charge < -0.3 is 14.4 Å². The molecular formula is C14H13F3N4O3. The van der Waals surface area contributed by atoms with Crippen LogP contribution in [0.5, 0.6) is 0 Å². The van der Waals surface area contributed by atoms with Crippen molar-refractivity contribution in [2.24, 2.45) is 0 Å². The first kappa shape index (κ1) is 16.2. The normalized spacial score (nSPS) is 15.3. The van der Waals surface area contributed by atoms with Crippen LogP contribution in [-0.2, 0) is 17.4 Å². The predicted molar refractivity (Wildman–Crippen MR) is 74.9 cm³/mol. The van der Waals surface area contributed by atoms with E-state index in [9.17, 15) is 22.8 Å². The van der Waals surface area contributed by atoms with Gasteiger partial charge in [0, 0.05) is 36.8 Å². The van der Waals surface area contributed by atoms with Crippen LogP contribution in [-0.4, -0.2) is 39.0 Å². The summed E-state index contributed by atoms with van der Waals surface area (Å²) in [5.41, 5.74) is -0.0890. The Hall–Kier alpha value is -2.65. The molecule has 0 atom stereocenters. The first-order valence-electron chi connectivity index (χ1n) is 7.26.